The van der Waals surface area contributed by atoms with Crippen LogP contribution >= 0.6 is 0 Å². The standard InChI is InChI=1S/C31H28F6/c1-2-3-4-5-6-20-8-14-25(28(32)17-20)23-13-15-26-24(19-23)12-11-22(30(26)34)10-7-21-9-16-27(29(33)18-21)31(35,36)37/h8-9,11-19H,2-7,10H2,1H3. The summed E-state index contributed by atoms with van der Waals surface area (Å²) in [5, 5.41) is 0.982. The van der Waals surface area contributed by atoms with Gasteiger partial charge in [-0.15, -0.1) is 0 Å². The number of aryl methyl sites for hydroxylation is 3. The van der Waals surface area contributed by atoms with Crippen LogP contribution in [0.5, 0.6) is 0 Å². The lowest BCUT2D eigenvalue weighted by Gasteiger charge is -2.11. The molecule has 0 spiro atoms. The van der Waals surface area contributed by atoms with Gasteiger partial charge in [-0.1, -0.05) is 68.7 Å². The van der Waals surface area contributed by atoms with Gasteiger partial charge in [0, 0.05) is 10.9 Å². The van der Waals surface area contributed by atoms with E-state index in [1.807, 2.05) is 6.07 Å². The second-order valence-corrected chi connectivity index (χ2v) is 9.41. The van der Waals surface area contributed by atoms with E-state index in [2.05, 4.69) is 6.92 Å². The fourth-order valence-electron chi connectivity index (χ4n) is 4.62. The Bertz CT molecular complexity index is 1390. The van der Waals surface area contributed by atoms with Crippen LogP contribution in [0.1, 0.15) is 54.9 Å². The Morgan fingerprint density at radius 3 is 2.08 bits per heavy atom. The minimum Gasteiger partial charge on any atom is -0.206 e. The molecule has 0 radical (unpaired) electrons. The fraction of sp³-hybridized carbons (Fsp3) is 0.290. The maximum absolute atomic E-state index is 15.2. The molecule has 0 atom stereocenters. The number of fused-ring (bicyclic) bond motifs is 1. The van der Waals surface area contributed by atoms with Crippen LogP contribution in [-0.4, -0.2) is 0 Å². The minimum atomic E-state index is -4.76. The van der Waals surface area contributed by atoms with Crippen molar-refractivity contribution in [1.82, 2.24) is 0 Å². The second-order valence-electron chi connectivity index (χ2n) is 9.41. The predicted octanol–water partition coefficient (Wildman–Crippen LogP) is 9.85. The fourth-order valence-corrected chi connectivity index (χ4v) is 4.62. The molecule has 0 nitrogen and oxygen atoms in total. The molecule has 4 rings (SSSR count). The van der Waals surface area contributed by atoms with Gasteiger partial charge >= 0.3 is 6.18 Å². The third-order valence-corrected chi connectivity index (χ3v) is 6.72. The third kappa shape index (κ3) is 6.35. The van der Waals surface area contributed by atoms with E-state index in [1.54, 1.807) is 42.5 Å². The summed E-state index contributed by atoms with van der Waals surface area (Å²) < 4.78 is 82.2. The van der Waals surface area contributed by atoms with Crippen molar-refractivity contribution in [3.8, 4) is 11.1 Å². The highest BCUT2D eigenvalue weighted by molar-refractivity contribution is 5.88. The SMILES string of the molecule is CCCCCCc1ccc(-c2ccc3c(F)c(CCc4ccc(C(F)(F)F)c(F)c4)ccc3c2)c(F)c1. The van der Waals surface area contributed by atoms with Gasteiger partial charge in [-0.25, -0.2) is 13.2 Å². The van der Waals surface area contributed by atoms with Crippen LogP contribution < -0.4 is 0 Å². The molecule has 0 aliphatic rings. The van der Waals surface area contributed by atoms with Gasteiger partial charge in [0.25, 0.3) is 0 Å². The van der Waals surface area contributed by atoms with E-state index >= 15 is 4.39 Å². The zero-order valence-electron chi connectivity index (χ0n) is 20.6. The first kappa shape index (κ1) is 26.8. The van der Waals surface area contributed by atoms with Crippen molar-refractivity contribution in [2.24, 2.45) is 0 Å². The second kappa shape index (κ2) is 11.4. The van der Waals surface area contributed by atoms with E-state index in [0.717, 1.165) is 37.3 Å². The van der Waals surface area contributed by atoms with Gasteiger partial charge in [0.05, 0.1) is 5.56 Å². The molecule has 4 aromatic rings. The molecular weight excluding hydrogens is 486 g/mol. The van der Waals surface area contributed by atoms with Crippen molar-refractivity contribution in [3.05, 3.63) is 106 Å². The molecule has 0 heterocycles. The summed E-state index contributed by atoms with van der Waals surface area (Å²) >= 11 is 0. The minimum absolute atomic E-state index is 0.186. The highest BCUT2D eigenvalue weighted by atomic mass is 19.4. The maximum Gasteiger partial charge on any atom is 0.419 e. The van der Waals surface area contributed by atoms with Crippen LogP contribution in [-0.2, 0) is 25.4 Å². The molecule has 0 aliphatic carbocycles. The van der Waals surface area contributed by atoms with E-state index in [4.69, 9.17) is 0 Å². The number of hydrogen-bond donors (Lipinski definition) is 0. The monoisotopic (exact) mass is 514 g/mol. The highest BCUT2D eigenvalue weighted by Crippen LogP contribution is 2.33. The smallest absolute Gasteiger partial charge is 0.206 e. The van der Waals surface area contributed by atoms with Crippen molar-refractivity contribution in [3.63, 3.8) is 0 Å². The summed E-state index contributed by atoms with van der Waals surface area (Å²) in [5.41, 5.74) is 1.47. The molecule has 6 heteroatoms. The van der Waals surface area contributed by atoms with Gasteiger partial charge in [0.2, 0.25) is 0 Å². The summed E-state index contributed by atoms with van der Waals surface area (Å²) in [6, 6.07) is 16.4. The Kier molecular flexibility index (Phi) is 8.25. The van der Waals surface area contributed by atoms with Gasteiger partial charge in [0.1, 0.15) is 17.5 Å². The number of alkyl halides is 3. The maximum atomic E-state index is 15.2. The molecule has 37 heavy (non-hydrogen) atoms. The topological polar surface area (TPSA) is 0 Å². The molecule has 0 saturated heterocycles. The number of rotatable bonds is 9. The molecule has 0 N–H and O–H groups in total. The predicted molar refractivity (Wildman–Crippen MR) is 136 cm³/mol. The molecule has 0 unspecified atom stereocenters. The molecule has 0 amide bonds. The lowest BCUT2D eigenvalue weighted by molar-refractivity contribution is -0.140. The molecular formula is C31H28F6. The van der Waals surface area contributed by atoms with E-state index in [9.17, 15) is 22.0 Å². The number of hydrogen-bond acceptors (Lipinski definition) is 0. The number of unbranched alkanes of at least 4 members (excludes halogenated alkanes) is 3. The van der Waals surface area contributed by atoms with Crippen molar-refractivity contribution in [2.45, 2.75) is 58.0 Å². The largest absolute Gasteiger partial charge is 0.419 e. The lowest BCUT2D eigenvalue weighted by atomic mass is 9.96. The van der Waals surface area contributed by atoms with Gasteiger partial charge in [-0.3, -0.25) is 0 Å². The first-order valence-corrected chi connectivity index (χ1v) is 12.5. The van der Waals surface area contributed by atoms with Crippen molar-refractivity contribution >= 4 is 10.8 Å². The zero-order chi connectivity index (χ0) is 26.6. The van der Waals surface area contributed by atoms with Crippen LogP contribution in [0.25, 0.3) is 21.9 Å². The molecule has 0 fully saturated rings. The average molecular weight is 515 g/mol. The van der Waals surface area contributed by atoms with E-state index in [0.29, 0.717) is 39.1 Å². The molecule has 0 aromatic heterocycles. The Labute approximate surface area is 213 Å². The Balaban J connectivity index is 1.50. The van der Waals surface area contributed by atoms with Crippen molar-refractivity contribution in [1.29, 1.82) is 0 Å². The van der Waals surface area contributed by atoms with Crippen molar-refractivity contribution < 1.29 is 26.3 Å². The van der Waals surface area contributed by atoms with Crippen LogP contribution in [0, 0.1) is 17.5 Å². The van der Waals surface area contributed by atoms with Crippen molar-refractivity contribution in [2.75, 3.05) is 0 Å². The molecule has 0 aliphatic heterocycles. The zero-order valence-corrected chi connectivity index (χ0v) is 20.6. The van der Waals surface area contributed by atoms with Gasteiger partial charge < -0.3 is 0 Å². The molecule has 194 valence electrons. The van der Waals surface area contributed by atoms with Crippen LogP contribution in [0.15, 0.2) is 66.7 Å². The van der Waals surface area contributed by atoms with Gasteiger partial charge in [0.15, 0.2) is 0 Å². The Morgan fingerprint density at radius 1 is 0.649 bits per heavy atom. The van der Waals surface area contributed by atoms with E-state index in [1.165, 1.54) is 12.5 Å². The quantitative estimate of drug-likeness (QED) is 0.154. The third-order valence-electron chi connectivity index (χ3n) is 6.72. The number of benzene rings is 4. The van der Waals surface area contributed by atoms with E-state index < -0.39 is 23.4 Å². The number of halogens is 6. The molecule has 0 saturated carbocycles. The van der Waals surface area contributed by atoms with Crippen LogP contribution in [0.2, 0.25) is 0 Å². The average Bonchev–Trinajstić information content (AvgIpc) is 2.85. The summed E-state index contributed by atoms with van der Waals surface area (Å²) in [6.07, 6.45) is 0.929. The van der Waals surface area contributed by atoms with Gasteiger partial charge in [-0.2, -0.15) is 13.2 Å². The molecule has 4 aromatic carbocycles. The summed E-state index contributed by atoms with van der Waals surface area (Å²) in [4.78, 5) is 0. The first-order chi connectivity index (χ1) is 17.7. The summed E-state index contributed by atoms with van der Waals surface area (Å²) in [6.45, 7) is 2.15. The summed E-state index contributed by atoms with van der Waals surface area (Å²) in [5.74, 6) is -2.10. The Morgan fingerprint density at radius 2 is 1.38 bits per heavy atom. The molecule has 0 bridgehead atoms. The van der Waals surface area contributed by atoms with Crippen LogP contribution in [0.4, 0.5) is 26.3 Å². The van der Waals surface area contributed by atoms with Gasteiger partial charge in [-0.05, 0) is 77.6 Å². The Hall–Kier alpha value is -3.28. The first-order valence-electron chi connectivity index (χ1n) is 12.5. The highest BCUT2D eigenvalue weighted by Gasteiger charge is 2.33. The van der Waals surface area contributed by atoms with E-state index in [-0.39, 0.29) is 18.7 Å². The van der Waals surface area contributed by atoms with Crippen LogP contribution in [0.3, 0.4) is 0 Å². The summed E-state index contributed by atoms with van der Waals surface area (Å²) in [7, 11) is 0. The normalized spacial score (nSPS) is 11.9. The lowest BCUT2D eigenvalue weighted by Crippen LogP contribution is -2.08.